The van der Waals surface area contributed by atoms with Crippen LogP contribution in [-0.2, 0) is 6.61 Å². The molecule has 1 amide bonds. The zero-order chi connectivity index (χ0) is 23.6. The first-order valence-electron chi connectivity index (χ1n) is 10.3. The average Bonchev–Trinajstić information content (AvgIpc) is 2.83. The summed E-state index contributed by atoms with van der Waals surface area (Å²) in [6.45, 7) is 2.97. The summed E-state index contributed by atoms with van der Waals surface area (Å²) in [5, 5.41) is 4.61. The number of carbonyl (C=O) groups excluding carboxylic acids is 1. The second-order valence-corrected chi connectivity index (χ2v) is 8.36. The van der Waals surface area contributed by atoms with Crippen molar-refractivity contribution in [3.05, 3.63) is 86.8 Å². The Hall–Kier alpha value is -3.03. The highest BCUT2D eigenvalue weighted by molar-refractivity contribution is 9.10. The predicted molar refractivity (Wildman–Crippen MR) is 134 cm³/mol. The molecule has 33 heavy (non-hydrogen) atoms. The maximum atomic E-state index is 12.5. The Morgan fingerprint density at radius 3 is 2.52 bits per heavy atom. The minimum atomic E-state index is -0.383. The molecule has 172 valence electrons. The van der Waals surface area contributed by atoms with Crippen LogP contribution in [0.2, 0.25) is 5.02 Å². The summed E-state index contributed by atoms with van der Waals surface area (Å²) in [7, 11) is 1.53. The van der Waals surface area contributed by atoms with Crippen molar-refractivity contribution in [1.82, 2.24) is 5.43 Å². The lowest BCUT2D eigenvalue weighted by atomic mass is 10.2. The zero-order valence-corrected chi connectivity index (χ0v) is 20.7. The third kappa shape index (κ3) is 7.23. The van der Waals surface area contributed by atoms with Crippen molar-refractivity contribution >= 4 is 39.7 Å². The van der Waals surface area contributed by atoms with Crippen LogP contribution in [0.5, 0.6) is 17.2 Å². The maximum Gasteiger partial charge on any atom is 0.271 e. The van der Waals surface area contributed by atoms with E-state index < -0.39 is 0 Å². The van der Waals surface area contributed by atoms with Crippen LogP contribution in [0.25, 0.3) is 0 Å². The van der Waals surface area contributed by atoms with Crippen molar-refractivity contribution in [3.63, 3.8) is 0 Å². The Bertz CT molecular complexity index is 1120. The number of nitrogens with one attached hydrogen (secondary N) is 1. The fourth-order valence-corrected chi connectivity index (χ4v) is 3.30. The summed E-state index contributed by atoms with van der Waals surface area (Å²) < 4.78 is 17.9. The first kappa shape index (κ1) is 24.6. The molecule has 0 spiro atoms. The molecule has 3 aromatic rings. The lowest BCUT2D eigenvalue weighted by Gasteiger charge is -2.11. The zero-order valence-electron chi connectivity index (χ0n) is 18.3. The molecule has 0 heterocycles. The molecule has 0 aliphatic carbocycles. The second-order valence-electron chi connectivity index (χ2n) is 7.01. The number of amides is 1. The summed E-state index contributed by atoms with van der Waals surface area (Å²) in [6, 6.07) is 18.1. The predicted octanol–water partition coefficient (Wildman–Crippen LogP) is 6.24. The lowest BCUT2D eigenvalue weighted by Crippen LogP contribution is -2.17. The van der Waals surface area contributed by atoms with E-state index in [0.29, 0.717) is 46.6 Å². The van der Waals surface area contributed by atoms with Gasteiger partial charge in [0, 0.05) is 20.6 Å². The van der Waals surface area contributed by atoms with Crippen molar-refractivity contribution in [1.29, 1.82) is 0 Å². The Morgan fingerprint density at radius 2 is 1.79 bits per heavy atom. The minimum absolute atomic E-state index is 0.383. The molecule has 0 aromatic heterocycles. The van der Waals surface area contributed by atoms with Gasteiger partial charge in [-0.2, -0.15) is 5.10 Å². The fourth-order valence-electron chi connectivity index (χ4n) is 2.86. The quantitative estimate of drug-likeness (QED) is 0.248. The van der Waals surface area contributed by atoms with Gasteiger partial charge in [-0.25, -0.2) is 5.43 Å². The Morgan fingerprint density at radius 1 is 1.03 bits per heavy atom. The Labute approximate surface area is 206 Å². The van der Waals surface area contributed by atoms with Crippen LogP contribution in [-0.4, -0.2) is 25.8 Å². The first-order valence-corrected chi connectivity index (χ1v) is 11.5. The summed E-state index contributed by atoms with van der Waals surface area (Å²) >= 11 is 9.56. The van der Waals surface area contributed by atoms with Crippen LogP contribution in [0.3, 0.4) is 0 Å². The van der Waals surface area contributed by atoms with Gasteiger partial charge in [-0.3, -0.25) is 4.79 Å². The SMILES string of the molecule is CCCOc1ccc(C(=O)N/N=C/c2cc(Cl)ccc2OCc2ccc(Br)cc2)cc1OC. The topological polar surface area (TPSA) is 69.2 Å². The van der Waals surface area contributed by atoms with E-state index in [0.717, 1.165) is 16.5 Å². The number of hydrogen-bond donors (Lipinski definition) is 1. The van der Waals surface area contributed by atoms with Gasteiger partial charge >= 0.3 is 0 Å². The third-order valence-corrected chi connectivity index (χ3v) is 5.30. The summed E-state index contributed by atoms with van der Waals surface area (Å²) in [5.74, 6) is 1.29. The van der Waals surface area contributed by atoms with Gasteiger partial charge in [0.2, 0.25) is 0 Å². The van der Waals surface area contributed by atoms with Crippen LogP contribution in [0.15, 0.2) is 70.2 Å². The van der Waals surface area contributed by atoms with Crippen molar-refractivity contribution in [2.24, 2.45) is 5.10 Å². The van der Waals surface area contributed by atoms with E-state index in [1.165, 1.54) is 13.3 Å². The summed E-state index contributed by atoms with van der Waals surface area (Å²) in [5.41, 5.74) is 4.57. The molecular formula is C25H24BrClN2O4. The highest BCUT2D eigenvalue weighted by Crippen LogP contribution is 2.28. The standard InChI is InChI=1S/C25H24BrClN2O4/c1-3-12-32-23-10-6-18(14-24(23)31-2)25(30)29-28-15-19-13-21(27)9-11-22(19)33-16-17-4-7-20(26)8-5-17/h4-11,13-15H,3,12,16H2,1-2H3,(H,29,30)/b28-15+. The van der Waals surface area contributed by atoms with Gasteiger partial charge in [-0.1, -0.05) is 46.6 Å². The highest BCUT2D eigenvalue weighted by atomic mass is 79.9. The molecule has 3 rings (SSSR count). The Kier molecular flexibility index (Phi) is 9.15. The number of ether oxygens (including phenoxy) is 3. The van der Waals surface area contributed by atoms with Gasteiger partial charge in [0.15, 0.2) is 11.5 Å². The molecule has 0 aliphatic heterocycles. The number of nitrogens with zero attached hydrogens (tertiary/aromatic N) is 1. The third-order valence-electron chi connectivity index (χ3n) is 4.54. The molecule has 0 radical (unpaired) electrons. The molecule has 0 bridgehead atoms. The van der Waals surface area contributed by atoms with Gasteiger partial charge in [0.1, 0.15) is 12.4 Å². The number of carbonyl (C=O) groups is 1. The van der Waals surface area contributed by atoms with E-state index in [1.807, 2.05) is 31.2 Å². The van der Waals surface area contributed by atoms with E-state index in [9.17, 15) is 4.79 Å². The number of hydrazone groups is 1. The van der Waals surface area contributed by atoms with Crippen molar-refractivity contribution in [3.8, 4) is 17.2 Å². The number of halogens is 2. The largest absolute Gasteiger partial charge is 0.493 e. The molecule has 0 aliphatic rings. The van der Waals surface area contributed by atoms with E-state index >= 15 is 0 Å². The number of benzene rings is 3. The van der Waals surface area contributed by atoms with Crippen LogP contribution < -0.4 is 19.6 Å². The Balaban J connectivity index is 1.67. The maximum absolute atomic E-state index is 12.5. The molecule has 0 saturated heterocycles. The molecule has 8 heteroatoms. The van der Waals surface area contributed by atoms with Crippen LogP contribution in [0, 0.1) is 0 Å². The van der Waals surface area contributed by atoms with Gasteiger partial charge in [0.25, 0.3) is 5.91 Å². The van der Waals surface area contributed by atoms with Gasteiger partial charge in [-0.15, -0.1) is 0 Å². The number of methoxy groups -OCH3 is 1. The van der Waals surface area contributed by atoms with Crippen LogP contribution in [0.1, 0.15) is 34.8 Å². The van der Waals surface area contributed by atoms with Crippen LogP contribution in [0.4, 0.5) is 0 Å². The summed E-state index contributed by atoms with van der Waals surface area (Å²) in [4.78, 5) is 12.5. The molecule has 3 aromatic carbocycles. The average molecular weight is 532 g/mol. The van der Waals surface area contributed by atoms with Crippen molar-refractivity contribution < 1.29 is 19.0 Å². The second kappa shape index (κ2) is 12.3. The molecule has 1 N–H and O–H groups in total. The smallest absolute Gasteiger partial charge is 0.271 e. The molecular weight excluding hydrogens is 508 g/mol. The molecule has 0 saturated carbocycles. The van der Waals surface area contributed by atoms with E-state index in [1.54, 1.807) is 36.4 Å². The minimum Gasteiger partial charge on any atom is -0.493 e. The molecule has 0 unspecified atom stereocenters. The first-order chi connectivity index (χ1) is 16.0. The molecule has 0 atom stereocenters. The van der Waals surface area contributed by atoms with Crippen LogP contribution >= 0.6 is 27.5 Å². The summed E-state index contributed by atoms with van der Waals surface area (Å²) in [6.07, 6.45) is 2.37. The monoisotopic (exact) mass is 530 g/mol. The van der Waals surface area contributed by atoms with Gasteiger partial charge in [0.05, 0.1) is 19.9 Å². The number of rotatable bonds is 10. The fraction of sp³-hybridized carbons (Fsp3) is 0.200. The van der Waals surface area contributed by atoms with Crippen molar-refractivity contribution in [2.45, 2.75) is 20.0 Å². The van der Waals surface area contributed by atoms with E-state index in [-0.39, 0.29) is 5.91 Å². The van der Waals surface area contributed by atoms with Gasteiger partial charge in [-0.05, 0) is 60.5 Å². The molecule has 6 nitrogen and oxygen atoms in total. The van der Waals surface area contributed by atoms with E-state index in [4.69, 9.17) is 25.8 Å². The van der Waals surface area contributed by atoms with Gasteiger partial charge < -0.3 is 14.2 Å². The number of hydrogen-bond acceptors (Lipinski definition) is 5. The van der Waals surface area contributed by atoms with Crippen molar-refractivity contribution in [2.75, 3.05) is 13.7 Å². The lowest BCUT2D eigenvalue weighted by molar-refractivity contribution is 0.0954. The van der Waals surface area contributed by atoms with E-state index in [2.05, 4.69) is 26.5 Å². The molecule has 0 fully saturated rings. The normalized spacial score (nSPS) is 10.8. The highest BCUT2D eigenvalue weighted by Gasteiger charge is 2.11.